The number of rotatable bonds is 5. The van der Waals surface area contributed by atoms with Gasteiger partial charge in [0.25, 0.3) is 0 Å². The third-order valence-corrected chi connectivity index (χ3v) is 4.95. The average Bonchev–Trinajstić information content (AvgIpc) is 2.74. The van der Waals surface area contributed by atoms with Gasteiger partial charge in [-0.15, -0.1) is 0 Å². The van der Waals surface area contributed by atoms with Crippen LogP contribution in [0, 0.1) is 0 Å². The first kappa shape index (κ1) is 15.9. The first-order valence-corrected chi connectivity index (χ1v) is 8.15. The number of likely N-dealkylation sites (N-methyl/N-ethyl adjacent to an activating group) is 1. The van der Waals surface area contributed by atoms with Crippen LogP contribution in [0.1, 0.15) is 25.2 Å². The number of ether oxygens (including phenoxy) is 1. The molecule has 1 saturated heterocycles. The average molecular weight is 345 g/mol. The van der Waals surface area contributed by atoms with E-state index in [1.807, 2.05) is 11.7 Å². The molecule has 2 heterocycles. The van der Waals surface area contributed by atoms with Gasteiger partial charge in [0.1, 0.15) is 0 Å². The molecule has 2 atom stereocenters. The molecule has 20 heavy (non-hydrogen) atoms. The van der Waals surface area contributed by atoms with E-state index in [0.29, 0.717) is 0 Å². The van der Waals surface area contributed by atoms with E-state index in [-0.39, 0.29) is 12.1 Å². The van der Waals surface area contributed by atoms with Crippen LogP contribution in [0.2, 0.25) is 0 Å². The van der Waals surface area contributed by atoms with E-state index >= 15 is 0 Å². The molecule has 0 aromatic carbocycles. The molecule has 1 aromatic heterocycles. The molecule has 1 aliphatic rings. The molecular formula is C14H25BrN4O. The Morgan fingerprint density at radius 1 is 1.50 bits per heavy atom. The molecule has 0 spiro atoms. The van der Waals surface area contributed by atoms with Crippen molar-refractivity contribution in [3.05, 3.63) is 15.9 Å². The molecule has 0 bridgehead atoms. The van der Waals surface area contributed by atoms with Crippen molar-refractivity contribution < 1.29 is 4.74 Å². The van der Waals surface area contributed by atoms with E-state index in [1.165, 1.54) is 0 Å². The second kappa shape index (κ2) is 7.02. The van der Waals surface area contributed by atoms with Gasteiger partial charge in [-0.05, 0) is 28.9 Å². The van der Waals surface area contributed by atoms with Crippen molar-refractivity contribution in [2.75, 3.05) is 26.2 Å². The SMILES string of the molecule is CCc1nn(C)c(CC(N)C2CN(CC)CCO2)c1Br. The Balaban J connectivity index is 2.04. The van der Waals surface area contributed by atoms with Gasteiger partial charge in [-0.25, -0.2) is 0 Å². The van der Waals surface area contributed by atoms with Gasteiger partial charge in [-0.3, -0.25) is 9.58 Å². The highest BCUT2D eigenvalue weighted by atomic mass is 79.9. The summed E-state index contributed by atoms with van der Waals surface area (Å²) in [4.78, 5) is 2.39. The highest BCUT2D eigenvalue weighted by Gasteiger charge is 2.27. The number of hydrogen-bond acceptors (Lipinski definition) is 4. The predicted molar refractivity (Wildman–Crippen MR) is 83.8 cm³/mol. The standard InChI is InChI=1S/C14H25BrN4O/c1-4-11-14(15)12(18(3)17-11)8-10(16)13-9-19(5-2)6-7-20-13/h10,13H,4-9,16H2,1-3H3. The minimum atomic E-state index is 0.000700. The van der Waals surface area contributed by atoms with Crippen LogP contribution in [0.4, 0.5) is 0 Å². The van der Waals surface area contributed by atoms with Crippen molar-refractivity contribution in [1.29, 1.82) is 0 Å². The molecule has 5 nitrogen and oxygen atoms in total. The van der Waals surface area contributed by atoms with Crippen LogP contribution in [0.5, 0.6) is 0 Å². The molecule has 0 saturated carbocycles. The van der Waals surface area contributed by atoms with Crippen molar-refractivity contribution >= 4 is 15.9 Å². The molecule has 1 aromatic rings. The summed E-state index contributed by atoms with van der Waals surface area (Å²) in [6.07, 6.45) is 1.81. The molecule has 1 aliphatic heterocycles. The highest BCUT2D eigenvalue weighted by molar-refractivity contribution is 9.10. The molecule has 2 N–H and O–H groups in total. The zero-order valence-corrected chi connectivity index (χ0v) is 14.2. The third kappa shape index (κ3) is 3.42. The van der Waals surface area contributed by atoms with E-state index < -0.39 is 0 Å². The lowest BCUT2D eigenvalue weighted by atomic mass is 10.0. The first-order chi connectivity index (χ1) is 9.56. The maximum absolute atomic E-state index is 6.37. The molecular weight excluding hydrogens is 320 g/mol. The van der Waals surface area contributed by atoms with Gasteiger partial charge in [0.05, 0.1) is 28.6 Å². The smallest absolute Gasteiger partial charge is 0.0856 e. The lowest BCUT2D eigenvalue weighted by Gasteiger charge is -2.35. The Bertz CT molecular complexity index is 449. The normalized spacial score (nSPS) is 22.1. The molecule has 0 aliphatic carbocycles. The number of nitrogens with two attached hydrogens (primary N) is 1. The zero-order valence-electron chi connectivity index (χ0n) is 12.6. The quantitative estimate of drug-likeness (QED) is 0.875. The Morgan fingerprint density at radius 3 is 2.85 bits per heavy atom. The van der Waals surface area contributed by atoms with Gasteiger partial charge in [0.15, 0.2) is 0 Å². The Hall–Kier alpha value is -0.430. The maximum atomic E-state index is 6.37. The van der Waals surface area contributed by atoms with Gasteiger partial charge in [-0.1, -0.05) is 13.8 Å². The van der Waals surface area contributed by atoms with Crippen LogP contribution in [-0.2, 0) is 24.6 Å². The van der Waals surface area contributed by atoms with Crippen molar-refractivity contribution in [2.45, 2.75) is 38.8 Å². The Morgan fingerprint density at radius 2 is 2.25 bits per heavy atom. The summed E-state index contributed by atoms with van der Waals surface area (Å²) in [5.74, 6) is 0. The maximum Gasteiger partial charge on any atom is 0.0856 e. The van der Waals surface area contributed by atoms with E-state index in [9.17, 15) is 0 Å². The zero-order chi connectivity index (χ0) is 14.7. The van der Waals surface area contributed by atoms with Gasteiger partial charge in [0, 0.05) is 32.6 Å². The minimum absolute atomic E-state index is 0.000700. The summed E-state index contributed by atoms with van der Waals surface area (Å²) in [6, 6.07) is 0.000700. The lowest BCUT2D eigenvalue weighted by Crippen LogP contribution is -2.51. The minimum Gasteiger partial charge on any atom is -0.374 e. The second-order valence-electron chi connectivity index (χ2n) is 5.35. The second-order valence-corrected chi connectivity index (χ2v) is 6.15. The van der Waals surface area contributed by atoms with Crippen LogP contribution >= 0.6 is 15.9 Å². The summed E-state index contributed by atoms with van der Waals surface area (Å²) < 4.78 is 8.88. The van der Waals surface area contributed by atoms with Crippen LogP contribution in [0.25, 0.3) is 0 Å². The van der Waals surface area contributed by atoms with E-state index in [1.54, 1.807) is 0 Å². The number of aromatic nitrogens is 2. The van der Waals surface area contributed by atoms with Gasteiger partial charge in [0.2, 0.25) is 0 Å². The fraction of sp³-hybridized carbons (Fsp3) is 0.786. The van der Waals surface area contributed by atoms with Gasteiger partial charge < -0.3 is 10.5 Å². The van der Waals surface area contributed by atoms with Crippen molar-refractivity contribution in [1.82, 2.24) is 14.7 Å². The number of aryl methyl sites for hydroxylation is 2. The monoisotopic (exact) mass is 344 g/mol. The summed E-state index contributed by atoms with van der Waals surface area (Å²) >= 11 is 3.65. The van der Waals surface area contributed by atoms with Gasteiger partial charge in [-0.2, -0.15) is 5.10 Å². The largest absolute Gasteiger partial charge is 0.374 e. The number of morpholine rings is 1. The summed E-state index contributed by atoms with van der Waals surface area (Å²) in [5, 5.41) is 4.52. The van der Waals surface area contributed by atoms with E-state index in [2.05, 4.69) is 39.8 Å². The van der Waals surface area contributed by atoms with E-state index in [0.717, 1.165) is 54.9 Å². The van der Waals surface area contributed by atoms with Crippen molar-refractivity contribution in [2.24, 2.45) is 12.8 Å². The number of halogens is 1. The summed E-state index contributed by atoms with van der Waals surface area (Å²) in [5.41, 5.74) is 8.62. The summed E-state index contributed by atoms with van der Waals surface area (Å²) in [6.45, 7) is 8.06. The highest BCUT2D eigenvalue weighted by Crippen LogP contribution is 2.23. The third-order valence-electron chi connectivity index (χ3n) is 4.03. The van der Waals surface area contributed by atoms with Crippen LogP contribution < -0.4 is 5.73 Å². The van der Waals surface area contributed by atoms with Crippen molar-refractivity contribution in [3.8, 4) is 0 Å². The topological polar surface area (TPSA) is 56.3 Å². The molecule has 6 heteroatoms. The molecule has 0 radical (unpaired) electrons. The van der Waals surface area contributed by atoms with Crippen molar-refractivity contribution in [3.63, 3.8) is 0 Å². The Kier molecular flexibility index (Phi) is 5.60. The van der Waals surface area contributed by atoms with Crippen LogP contribution in [0.15, 0.2) is 4.47 Å². The molecule has 0 amide bonds. The molecule has 1 fully saturated rings. The van der Waals surface area contributed by atoms with Gasteiger partial charge >= 0.3 is 0 Å². The van der Waals surface area contributed by atoms with E-state index in [4.69, 9.17) is 10.5 Å². The van der Waals surface area contributed by atoms with Crippen LogP contribution in [-0.4, -0.2) is 53.1 Å². The summed E-state index contributed by atoms with van der Waals surface area (Å²) in [7, 11) is 1.98. The van der Waals surface area contributed by atoms with Crippen LogP contribution in [0.3, 0.4) is 0 Å². The Labute approximate surface area is 129 Å². The molecule has 2 unspecified atom stereocenters. The first-order valence-electron chi connectivity index (χ1n) is 7.36. The lowest BCUT2D eigenvalue weighted by molar-refractivity contribution is -0.0387. The number of hydrogen-bond donors (Lipinski definition) is 1. The number of nitrogens with zero attached hydrogens (tertiary/aromatic N) is 3. The molecule has 114 valence electrons. The fourth-order valence-corrected chi connectivity index (χ4v) is 3.45. The molecule has 2 rings (SSSR count). The fourth-order valence-electron chi connectivity index (χ4n) is 2.67. The predicted octanol–water partition coefficient (Wildman–Crippen LogP) is 1.34.